The Balaban J connectivity index is 1.77. The van der Waals surface area contributed by atoms with E-state index in [1.54, 1.807) is 31.3 Å². The minimum Gasteiger partial charge on any atom is -0.489 e. The van der Waals surface area contributed by atoms with Crippen LogP contribution in [-0.4, -0.2) is 36.8 Å². The van der Waals surface area contributed by atoms with Crippen molar-refractivity contribution in [2.75, 3.05) is 20.2 Å². The molecule has 0 heterocycles. The second-order valence-corrected chi connectivity index (χ2v) is 6.32. The first kappa shape index (κ1) is 19.6. The minimum absolute atomic E-state index is 0.0440. The monoisotopic (exact) mass is 357 g/mol. The standard InChI is InChI=1S/C21H24FNO3/c1-15-8-9-17(14-16(15)2)19(24)10-11-21(25)23(3)12-13-26-20-7-5-4-6-18(20)22/h4-9,14H,10-13H2,1-3H3. The van der Waals surface area contributed by atoms with Crippen LogP contribution in [0.5, 0.6) is 5.75 Å². The zero-order valence-electron chi connectivity index (χ0n) is 15.4. The van der Waals surface area contributed by atoms with Gasteiger partial charge in [0.1, 0.15) is 6.61 Å². The van der Waals surface area contributed by atoms with Crippen molar-refractivity contribution in [2.24, 2.45) is 0 Å². The lowest BCUT2D eigenvalue weighted by atomic mass is 10.0. The summed E-state index contributed by atoms with van der Waals surface area (Å²) < 4.78 is 18.8. The number of nitrogens with zero attached hydrogens (tertiary/aromatic N) is 1. The molecule has 0 aliphatic rings. The number of hydrogen-bond donors (Lipinski definition) is 0. The summed E-state index contributed by atoms with van der Waals surface area (Å²) in [5.41, 5.74) is 2.82. The van der Waals surface area contributed by atoms with Gasteiger partial charge in [-0.1, -0.05) is 24.3 Å². The van der Waals surface area contributed by atoms with Crippen LogP contribution in [0.25, 0.3) is 0 Å². The Bertz CT molecular complexity index is 789. The van der Waals surface area contributed by atoms with Crippen LogP contribution in [0.3, 0.4) is 0 Å². The Hall–Kier alpha value is -2.69. The van der Waals surface area contributed by atoms with E-state index in [4.69, 9.17) is 4.74 Å². The lowest BCUT2D eigenvalue weighted by Gasteiger charge is -2.17. The third kappa shape index (κ3) is 5.41. The van der Waals surface area contributed by atoms with Gasteiger partial charge in [-0.2, -0.15) is 0 Å². The molecule has 0 aromatic heterocycles. The van der Waals surface area contributed by atoms with Crippen molar-refractivity contribution in [1.29, 1.82) is 0 Å². The van der Waals surface area contributed by atoms with E-state index in [2.05, 4.69) is 0 Å². The third-order valence-electron chi connectivity index (χ3n) is 4.34. The average molecular weight is 357 g/mol. The highest BCUT2D eigenvalue weighted by molar-refractivity contribution is 5.98. The van der Waals surface area contributed by atoms with Gasteiger partial charge < -0.3 is 9.64 Å². The molecule has 0 N–H and O–H groups in total. The highest BCUT2D eigenvalue weighted by atomic mass is 19.1. The molecule has 0 bridgehead atoms. The molecule has 138 valence electrons. The number of Topliss-reactive ketones (excluding diaryl/α,β-unsaturated/α-hetero) is 1. The molecule has 0 unspecified atom stereocenters. The highest BCUT2D eigenvalue weighted by Gasteiger charge is 2.13. The van der Waals surface area contributed by atoms with E-state index in [1.807, 2.05) is 26.0 Å². The van der Waals surface area contributed by atoms with Gasteiger partial charge in [0, 0.05) is 25.5 Å². The number of halogens is 1. The molecule has 0 fully saturated rings. The Morgan fingerprint density at radius 3 is 2.46 bits per heavy atom. The first-order valence-corrected chi connectivity index (χ1v) is 8.60. The van der Waals surface area contributed by atoms with E-state index in [0.29, 0.717) is 12.1 Å². The van der Waals surface area contributed by atoms with Crippen LogP contribution in [0, 0.1) is 19.7 Å². The quantitative estimate of drug-likeness (QED) is 0.672. The predicted octanol–water partition coefficient (Wildman–Crippen LogP) is 3.94. The molecule has 26 heavy (non-hydrogen) atoms. The van der Waals surface area contributed by atoms with Crippen LogP contribution >= 0.6 is 0 Å². The summed E-state index contributed by atoms with van der Waals surface area (Å²) in [6.07, 6.45) is 0.307. The number of likely N-dealkylation sites (N-methyl/N-ethyl adjacent to an activating group) is 1. The minimum atomic E-state index is -0.430. The molecule has 0 aliphatic heterocycles. The van der Waals surface area contributed by atoms with Gasteiger partial charge in [-0.3, -0.25) is 9.59 Å². The number of hydrogen-bond acceptors (Lipinski definition) is 3. The van der Waals surface area contributed by atoms with Crippen molar-refractivity contribution in [3.05, 3.63) is 65.0 Å². The van der Waals surface area contributed by atoms with Crippen LogP contribution in [0.1, 0.15) is 34.3 Å². The number of ether oxygens (including phenoxy) is 1. The maximum absolute atomic E-state index is 13.5. The van der Waals surface area contributed by atoms with Crippen molar-refractivity contribution < 1.29 is 18.7 Å². The molecule has 0 saturated carbocycles. The van der Waals surface area contributed by atoms with Crippen molar-refractivity contribution >= 4 is 11.7 Å². The molecular formula is C21H24FNO3. The number of carbonyl (C=O) groups is 2. The van der Waals surface area contributed by atoms with E-state index in [9.17, 15) is 14.0 Å². The Kier molecular flexibility index (Phi) is 6.89. The van der Waals surface area contributed by atoms with Crippen molar-refractivity contribution in [2.45, 2.75) is 26.7 Å². The van der Waals surface area contributed by atoms with E-state index in [0.717, 1.165) is 11.1 Å². The van der Waals surface area contributed by atoms with Crippen LogP contribution in [0.15, 0.2) is 42.5 Å². The van der Waals surface area contributed by atoms with Gasteiger partial charge in [-0.05, 0) is 43.2 Å². The summed E-state index contributed by atoms with van der Waals surface area (Å²) in [6.45, 7) is 4.46. The van der Waals surface area contributed by atoms with Crippen LogP contribution in [-0.2, 0) is 4.79 Å². The van der Waals surface area contributed by atoms with E-state index in [-0.39, 0.29) is 36.9 Å². The molecule has 2 aromatic rings. The second kappa shape index (κ2) is 9.13. The second-order valence-electron chi connectivity index (χ2n) is 6.32. The van der Waals surface area contributed by atoms with Gasteiger partial charge in [0.25, 0.3) is 0 Å². The van der Waals surface area contributed by atoms with Gasteiger partial charge in [0.2, 0.25) is 5.91 Å². The summed E-state index contributed by atoms with van der Waals surface area (Å²) in [6, 6.07) is 11.7. The molecule has 4 nitrogen and oxygen atoms in total. The summed E-state index contributed by atoms with van der Waals surface area (Å²) >= 11 is 0. The Morgan fingerprint density at radius 1 is 1.04 bits per heavy atom. The number of carbonyl (C=O) groups excluding carboxylic acids is 2. The average Bonchev–Trinajstić information content (AvgIpc) is 2.63. The van der Waals surface area contributed by atoms with Crippen LogP contribution in [0.4, 0.5) is 4.39 Å². The van der Waals surface area contributed by atoms with E-state index < -0.39 is 5.82 Å². The summed E-state index contributed by atoms with van der Waals surface area (Å²) in [5, 5.41) is 0. The van der Waals surface area contributed by atoms with Crippen LogP contribution in [0.2, 0.25) is 0 Å². The fourth-order valence-electron chi connectivity index (χ4n) is 2.45. The first-order valence-electron chi connectivity index (χ1n) is 8.60. The predicted molar refractivity (Wildman–Crippen MR) is 99.0 cm³/mol. The maximum Gasteiger partial charge on any atom is 0.222 e. The number of benzene rings is 2. The molecule has 0 atom stereocenters. The molecule has 5 heteroatoms. The normalized spacial score (nSPS) is 10.5. The Morgan fingerprint density at radius 2 is 1.77 bits per heavy atom. The summed E-state index contributed by atoms with van der Waals surface area (Å²) in [4.78, 5) is 25.9. The summed E-state index contributed by atoms with van der Waals surface area (Å²) in [5.74, 6) is -0.449. The van der Waals surface area contributed by atoms with Gasteiger partial charge in [0.05, 0.1) is 6.54 Å². The lowest BCUT2D eigenvalue weighted by molar-refractivity contribution is -0.130. The number of rotatable bonds is 8. The molecule has 0 aliphatic carbocycles. The van der Waals surface area contributed by atoms with E-state index in [1.165, 1.54) is 11.0 Å². The Labute approximate surface area is 153 Å². The van der Waals surface area contributed by atoms with Crippen molar-refractivity contribution in [1.82, 2.24) is 4.90 Å². The van der Waals surface area contributed by atoms with Gasteiger partial charge >= 0.3 is 0 Å². The van der Waals surface area contributed by atoms with Gasteiger partial charge in [0.15, 0.2) is 17.3 Å². The smallest absolute Gasteiger partial charge is 0.222 e. The molecule has 0 radical (unpaired) electrons. The molecule has 0 saturated heterocycles. The number of amides is 1. The fraction of sp³-hybridized carbons (Fsp3) is 0.333. The molecule has 1 amide bonds. The number of ketones is 1. The van der Waals surface area contributed by atoms with Crippen LogP contribution < -0.4 is 4.74 Å². The highest BCUT2D eigenvalue weighted by Crippen LogP contribution is 2.15. The molecular weight excluding hydrogens is 333 g/mol. The van der Waals surface area contributed by atoms with Gasteiger partial charge in [-0.25, -0.2) is 4.39 Å². The third-order valence-corrected chi connectivity index (χ3v) is 4.34. The van der Waals surface area contributed by atoms with Gasteiger partial charge in [-0.15, -0.1) is 0 Å². The SMILES string of the molecule is Cc1ccc(C(=O)CCC(=O)N(C)CCOc2ccccc2F)cc1C. The largest absolute Gasteiger partial charge is 0.489 e. The molecule has 0 spiro atoms. The zero-order valence-corrected chi connectivity index (χ0v) is 15.4. The zero-order chi connectivity index (χ0) is 19.1. The first-order chi connectivity index (χ1) is 12.4. The number of aryl methyl sites for hydroxylation is 2. The van der Waals surface area contributed by atoms with Crippen molar-refractivity contribution in [3.8, 4) is 5.75 Å². The van der Waals surface area contributed by atoms with Crippen molar-refractivity contribution in [3.63, 3.8) is 0 Å². The number of para-hydroxylation sites is 1. The van der Waals surface area contributed by atoms with E-state index >= 15 is 0 Å². The lowest BCUT2D eigenvalue weighted by Crippen LogP contribution is -2.31. The maximum atomic E-state index is 13.5. The summed E-state index contributed by atoms with van der Waals surface area (Å²) in [7, 11) is 1.65. The molecule has 2 rings (SSSR count). The molecule has 2 aromatic carbocycles. The topological polar surface area (TPSA) is 46.6 Å². The fourth-order valence-corrected chi connectivity index (χ4v) is 2.45.